The monoisotopic (exact) mass is 311 g/mol. The van der Waals surface area contributed by atoms with Crippen molar-refractivity contribution in [1.82, 2.24) is 10.2 Å². The summed E-state index contributed by atoms with van der Waals surface area (Å²) < 4.78 is 0. The normalized spacial score (nSPS) is 11.4. The minimum Gasteiger partial charge on any atom is -0.370 e. The number of benzene rings is 2. The maximum atomic E-state index is 12.5. The van der Waals surface area contributed by atoms with Gasteiger partial charge in [0.1, 0.15) is 6.04 Å². The number of hydrogen-bond donors (Lipinski definition) is 2. The van der Waals surface area contributed by atoms with Gasteiger partial charge in [0.05, 0.1) is 0 Å². The van der Waals surface area contributed by atoms with Gasteiger partial charge in [-0.3, -0.25) is 9.59 Å². The van der Waals surface area contributed by atoms with Gasteiger partial charge in [-0.05, 0) is 23.8 Å². The number of likely N-dealkylation sites (N-methyl/N-ethyl adjacent to an activating group) is 1. The van der Waals surface area contributed by atoms with E-state index in [1.807, 2.05) is 36.4 Å². The van der Waals surface area contributed by atoms with Crippen LogP contribution in [0, 0.1) is 0 Å². The zero-order valence-electron chi connectivity index (χ0n) is 13.5. The first-order chi connectivity index (χ1) is 11.0. The van der Waals surface area contributed by atoms with Gasteiger partial charge >= 0.3 is 0 Å². The first-order valence-electron chi connectivity index (χ1n) is 7.37. The predicted molar refractivity (Wildman–Crippen MR) is 91.3 cm³/mol. The molecule has 2 aromatic carbocycles. The van der Waals surface area contributed by atoms with E-state index in [-0.39, 0.29) is 11.8 Å². The van der Waals surface area contributed by atoms with Gasteiger partial charge in [0, 0.05) is 32.4 Å². The van der Waals surface area contributed by atoms with E-state index in [9.17, 15) is 9.59 Å². The molecule has 1 atom stereocenters. The Labute approximate surface area is 136 Å². The molecule has 0 fully saturated rings. The van der Waals surface area contributed by atoms with Crippen molar-refractivity contribution in [1.29, 1.82) is 0 Å². The minimum absolute atomic E-state index is 0.0541. The van der Waals surface area contributed by atoms with E-state index < -0.39 is 6.04 Å². The molecule has 5 nitrogen and oxygen atoms in total. The maximum Gasteiger partial charge on any atom is 0.251 e. The molecular weight excluding hydrogens is 290 g/mol. The summed E-state index contributed by atoms with van der Waals surface area (Å²) in [5.74, 6) is -0.217. The van der Waals surface area contributed by atoms with E-state index in [0.29, 0.717) is 5.56 Å². The molecule has 2 rings (SSSR count). The first-order valence-corrected chi connectivity index (χ1v) is 7.37. The minimum atomic E-state index is -0.508. The van der Waals surface area contributed by atoms with E-state index in [1.165, 1.54) is 0 Å². The highest BCUT2D eigenvalue weighted by molar-refractivity contribution is 5.95. The number of amides is 2. The van der Waals surface area contributed by atoms with Crippen molar-refractivity contribution in [3.8, 4) is 0 Å². The summed E-state index contributed by atoms with van der Waals surface area (Å²) >= 11 is 0. The van der Waals surface area contributed by atoms with Crippen LogP contribution in [0.25, 0.3) is 0 Å². The lowest BCUT2D eigenvalue weighted by atomic mass is 10.0. The molecular formula is C18H21N3O2. The molecule has 0 saturated carbocycles. The third-order valence-electron chi connectivity index (χ3n) is 3.48. The standard InChI is InChI=1S/C18H21N3O2/c1-19-17(22)14-10-7-11-15(12-14)20-16(18(23)21(2)3)13-8-5-4-6-9-13/h4-12,16,20H,1-3H3,(H,19,22). The van der Waals surface area contributed by atoms with Gasteiger partial charge in [-0.2, -0.15) is 0 Å². The highest BCUT2D eigenvalue weighted by atomic mass is 16.2. The summed E-state index contributed by atoms with van der Waals surface area (Å²) in [6, 6.07) is 16.1. The summed E-state index contributed by atoms with van der Waals surface area (Å²) in [6.07, 6.45) is 0. The smallest absolute Gasteiger partial charge is 0.251 e. The highest BCUT2D eigenvalue weighted by Crippen LogP contribution is 2.22. The van der Waals surface area contributed by atoms with Crippen LogP contribution in [0.15, 0.2) is 54.6 Å². The van der Waals surface area contributed by atoms with Crippen molar-refractivity contribution in [2.75, 3.05) is 26.5 Å². The van der Waals surface area contributed by atoms with E-state index in [0.717, 1.165) is 11.3 Å². The maximum absolute atomic E-state index is 12.5. The number of rotatable bonds is 5. The molecule has 2 N–H and O–H groups in total. The van der Waals surface area contributed by atoms with Crippen LogP contribution in [0.4, 0.5) is 5.69 Å². The molecule has 0 saturated heterocycles. The zero-order chi connectivity index (χ0) is 16.8. The Hall–Kier alpha value is -2.82. The lowest BCUT2D eigenvalue weighted by molar-refractivity contribution is -0.129. The SMILES string of the molecule is CNC(=O)c1cccc(NC(C(=O)N(C)C)c2ccccc2)c1. The van der Waals surface area contributed by atoms with Gasteiger partial charge in [-0.25, -0.2) is 0 Å². The average molecular weight is 311 g/mol. The van der Waals surface area contributed by atoms with E-state index >= 15 is 0 Å². The topological polar surface area (TPSA) is 61.4 Å². The van der Waals surface area contributed by atoms with Crippen molar-refractivity contribution in [2.24, 2.45) is 0 Å². The van der Waals surface area contributed by atoms with Crippen LogP contribution in [-0.2, 0) is 4.79 Å². The second-order valence-electron chi connectivity index (χ2n) is 5.38. The van der Waals surface area contributed by atoms with Crippen LogP contribution in [0.1, 0.15) is 22.0 Å². The Morgan fingerprint density at radius 1 is 1.00 bits per heavy atom. The van der Waals surface area contributed by atoms with Crippen LogP contribution in [0.5, 0.6) is 0 Å². The van der Waals surface area contributed by atoms with Gasteiger partial charge in [0.2, 0.25) is 5.91 Å². The highest BCUT2D eigenvalue weighted by Gasteiger charge is 2.22. The molecule has 2 amide bonds. The lowest BCUT2D eigenvalue weighted by Crippen LogP contribution is -2.32. The largest absolute Gasteiger partial charge is 0.370 e. The Morgan fingerprint density at radius 2 is 1.70 bits per heavy atom. The number of anilines is 1. The van der Waals surface area contributed by atoms with Crippen molar-refractivity contribution in [3.05, 3.63) is 65.7 Å². The fourth-order valence-electron chi connectivity index (χ4n) is 2.25. The van der Waals surface area contributed by atoms with Gasteiger partial charge in [0.25, 0.3) is 5.91 Å². The molecule has 0 aliphatic rings. The molecule has 0 aliphatic heterocycles. The van der Waals surface area contributed by atoms with E-state index in [2.05, 4.69) is 10.6 Å². The molecule has 0 heterocycles. The Bertz CT molecular complexity index is 684. The predicted octanol–water partition coefficient (Wildman–Crippen LogP) is 2.29. The number of hydrogen-bond acceptors (Lipinski definition) is 3. The number of nitrogens with zero attached hydrogens (tertiary/aromatic N) is 1. The number of nitrogens with one attached hydrogen (secondary N) is 2. The van der Waals surface area contributed by atoms with Crippen LogP contribution in [0.3, 0.4) is 0 Å². The Balaban J connectivity index is 2.31. The number of carbonyl (C=O) groups excluding carboxylic acids is 2. The van der Waals surface area contributed by atoms with Crippen molar-refractivity contribution < 1.29 is 9.59 Å². The molecule has 0 aliphatic carbocycles. The molecule has 0 bridgehead atoms. The van der Waals surface area contributed by atoms with Crippen LogP contribution < -0.4 is 10.6 Å². The third kappa shape index (κ3) is 4.10. The molecule has 2 aromatic rings. The van der Waals surface area contributed by atoms with Crippen molar-refractivity contribution >= 4 is 17.5 Å². The molecule has 5 heteroatoms. The molecule has 0 radical (unpaired) electrons. The van der Waals surface area contributed by atoms with Crippen LogP contribution in [0.2, 0.25) is 0 Å². The van der Waals surface area contributed by atoms with Crippen LogP contribution >= 0.6 is 0 Å². The second kappa shape index (κ2) is 7.45. The van der Waals surface area contributed by atoms with E-state index in [1.54, 1.807) is 44.2 Å². The van der Waals surface area contributed by atoms with Gasteiger partial charge in [0.15, 0.2) is 0 Å². The zero-order valence-corrected chi connectivity index (χ0v) is 13.5. The molecule has 120 valence electrons. The first kappa shape index (κ1) is 16.5. The number of carbonyl (C=O) groups is 2. The quantitative estimate of drug-likeness (QED) is 0.890. The Kier molecular flexibility index (Phi) is 5.36. The molecule has 1 unspecified atom stereocenters. The second-order valence-corrected chi connectivity index (χ2v) is 5.38. The fourth-order valence-corrected chi connectivity index (χ4v) is 2.25. The summed E-state index contributed by atoms with van der Waals surface area (Å²) in [4.78, 5) is 25.8. The summed E-state index contributed by atoms with van der Waals surface area (Å²) in [7, 11) is 5.03. The molecule has 0 aromatic heterocycles. The van der Waals surface area contributed by atoms with E-state index in [4.69, 9.17) is 0 Å². The summed E-state index contributed by atoms with van der Waals surface area (Å²) in [6.45, 7) is 0. The average Bonchev–Trinajstić information content (AvgIpc) is 2.59. The van der Waals surface area contributed by atoms with Gasteiger partial charge in [-0.1, -0.05) is 36.4 Å². The fraction of sp³-hybridized carbons (Fsp3) is 0.222. The van der Waals surface area contributed by atoms with Crippen molar-refractivity contribution in [2.45, 2.75) is 6.04 Å². The summed E-state index contributed by atoms with van der Waals surface area (Å²) in [5.41, 5.74) is 2.13. The lowest BCUT2D eigenvalue weighted by Gasteiger charge is -2.23. The Morgan fingerprint density at radius 3 is 2.30 bits per heavy atom. The molecule has 0 spiro atoms. The third-order valence-corrected chi connectivity index (χ3v) is 3.48. The molecule has 23 heavy (non-hydrogen) atoms. The summed E-state index contributed by atoms with van der Waals surface area (Å²) in [5, 5.41) is 5.82. The van der Waals surface area contributed by atoms with Gasteiger partial charge < -0.3 is 15.5 Å². The van der Waals surface area contributed by atoms with Crippen LogP contribution in [-0.4, -0.2) is 37.9 Å². The van der Waals surface area contributed by atoms with Crippen molar-refractivity contribution in [3.63, 3.8) is 0 Å². The van der Waals surface area contributed by atoms with Gasteiger partial charge in [-0.15, -0.1) is 0 Å².